The van der Waals surface area contributed by atoms with Crippen LogP contribution < -0.4 is 5.32 Å². The zero-order valence-electron chi connectivity index (χ0n) is 17.9. The first-order chi connectivity index (χ1) is 16.4. The molecule has 0 unspecified atom stereocenters. The highest BCUT2D eigenvalue weighted by molar-refractivity contribution is 7.11. The van der Waals surface area contributed by atoms with Gasteiger partial charge in [0.25, 0.3) is 0 Å². The van der Waals surface area contributed by atoms with E-state index in [4.69, 9.17) is 30.9 Å². The summed E-state index contributed by atoms with van der Waals surface area (Å²) in [4.78, 5) is 34.7. The largest absolute Gasteiger partial charge is 0.507 e. The van der Waals surface area contributed by atoms with Crippen molar-refractivity contribution in [2.24, 2.45) is 4.99 Å². The fourth-order valence-electron chi connectivity index (χ4n) is 3.67. The summed E-state index contributed by atoms with van der Waals surface area (Å²) in [5.74, 6) is -0.951. The van der Waals surface area contributed by atoms with Crippen molar-refractivity contribution < 1.29 is 33.3 Å². The summed E-state index contributed by atoms with van der Waals surface area (Å²) in [7, 11) is 1.23. The molecule has 4 rings (SSSR count). The van der Waals surface area contributed by atoms with Crippen molar-refractivity contribution in [2.75, 3.05) is 33.4 Å². The maximum Gasteiger partial charge on any atom is 0.507 e. The molecule has 34 heavy (non-hydrogen) atoms. The summed E-state index contributed by atoms with van der Waals surface area (Å²) in [5.41, 5.74) is 0.925. The number of methoxy groups -OCH3 is 1. The zero-order chi connectivity index (χ0) is 24.2. The lowest BCUT2D eigenvalue weighted by molar-refractivity contribution is -0.136. The third-order valence-corrected chi connectivity index (χ3v) is 6.30. The smallest absolute Gasteiger partial charge is 0.466 e. The molecule has 1 aromatic carbocycles. The van der Waals surface area contributed by atoms with Crippen molar-refractivity contribution in [1.29, 1.82) is 0 Å². The van der Waals surface area contributed by atoms with Gasteiger partial charge < -0.3 is 24.6 Å². The Labute approximate surface area is 202 Å². The minimum atomic E-state index is -1.45. The van der Waals surface area contributed by atoms with Gasteiger partial charge in [-0.2, -0.15) is 0 Å². The molecule has 2 N–H and O–H groups in total. The van der Waals surface area contributed by atoms with Crippen LogP contribution >= 0.6 is 22.9 Å². The number of hydrogen-bond acceptors (Lipinski definition) is 10. The number of aliphatic imine (C=N–C) groups is 1. The van der Waals surface area contributed by atoms with Crippen molar-refractivity contribution in [1.82, 2.24) is 15.2 Å². The van der Waals surface area contributed by atoms with E-state index in [1.165, 1.54) is 30.6 Å². The monoisotopic (exact) mass is 510 g/mol. The second-order valence-corrected chi connectivity index (χ2v) is 8.59. The van der Waals surface area contributed by atoms with Crippen LogP contribution in [0, 0.1) is 5.82 Å². The number of carboxylic acid groups (broad SMARTS) is 1. The zero-order valence-corrected chi connectivity index (χ0v) is 19.4. The van der Waals surface area contributed by atoms with Crippen LogP contribution in [0.15, 0.2) is 46.0 Å². The number of rotatable bonds is 6. The molecule has 1 saturated heterocycles. The van der Waals surface area contributed by atoms with Crippen LogP contribution in [0.25, 0.3) is 0 Å². The van der Waals surface area contributed by atoms with Crippen LogP contribution in [0.1, 0.15) is 16.6 Å². The number of ether oxygens (including phenoxy) is 3. The SMILES string of the molecule is COC(=O)C1=C(CN2CCOC[C@@H]2OC(=O)O)NC(c2nccs2)=N[C@H]1c1ccc(Cl)c(F)c1. The van der Waals surface area contributed by atoms with Gasteiger partial charge in [0, 0.05) is 30.4 Å². The normalized spacial score (nSPS) is 21.0. The van der Waals surface area contributed by atoms with Crippen molar-refractivity contribution in [3.05, 3.63) is 62.5 Å². The van der Waals surface area contributed by atoms with E-state index in [-0.39, 0.29) is 23.7 Å². The van der Waals surface area contributed by atoms with E-state index >= 15 is 0 Å². The number of esters is 1. The first kappa shape index (κ1) is 24.1. The van der Waals surface area contributed by atoms with Gasteiger partial charge in [-0.15, -0.1) is 11.3 Å². The number of nitrogens with one attached hydrogen (secondary N) is 1. The molecule has 3 heterocycles. The van der Waals surface area contributed by atoms with E-state index < -0.39 is 30.2 Å². The summed E-state index contributed by atoms with van der Waals surface area (Å²) < 4.78 is 29.7. The minimum absolute atomic E-state index is 0.0341. The van der Waals surface area contributed by atoms with Gasteiger partial charge in [-0.3, -0.25) is 9.89 Å². The first-order valence-corrected chi connectivity index (χ1v) is 11.4. The Morgan fingerprint density at radius 1 is 1.44 bits per heavy atom. The third-order valence-electron chi connectivity index (χ3n) is 5.21. The topological polar surface area (TPSA) is 123 Å². The van der Waals surface area contributed by atoms with Crippen molar-refractivity contribution in [3.8, 4) is 0 Å². The van der Waals surface area contributed by atoms with Crippen LogP contribution in [0.5, 0.6) is 0 Å². The molecule has 0 spiro atoms. The molecule has 2 aromatic rings. The number of carbonyl (C=O) groups excluding carboxylic acids is 1. The first-order valence-electron chi connectivity index (χ1n) is 10.1. The second-order valence-electron chi connectivity index (χ2n) is 7.28. The number of amidine groups is 1. The van der Waals surface area contributed by atoms with E-state index in [0.29, 0.717) is 35.3 Å². The van der Waals surface area contributed by atoms with E-state index in [1.54, 1.807) is 22.5 Å². The molecular formula is C21H20ClFN4O6S. The maximum atomic E-state index is 14.3. The molecule has 180 valence electrons. The van der Waals surface area contributed by atoms with E-state index in [1.807, 2.05) is 0 Å². The Balaban J connectivity index is 1.79. The summed E-state index contributed by atoms with van der Waals surface area (Å²) in [6, 6.07) is 3.26. The molecule has 1 fully saturated rings. The average molecular weight is 511 g/mol. The van der Waals surface area contributed by atoms with Crippen LogP contribution in [-0.4, -0.2) is 72.6 Å². The Hall–Kier alpha value is -3.06. The summed E-state index contributed by atoms with van der Waals surface area (Å²) in [6.07, 6.45) is -0.717. The molecule has 1 aromatic heterocycles. The molecule has 0 amide bonds. The fraction of sp³-hybridized carbons (Fsp3) is 0.333. The molecule has 2 aliphatic heterocycles. The van der Waals surface area contributed by atoms with Crippen LogP contribution in [-0.2, 0) is 19.0 Å². The van der Waals surface area contributed by atoms with Gasteiger partial charge in [0.05, 0.1) is 30.9 Å². The summed E-state index contributed by atoms with van der Waals surface area (Å²) in [6.45, 7) is 0.816. The van der Waals surface area contributed by atoms with Gasteiger partial charge in [-0.05, 0) is 17.7 Å². The molecule has 2 atom stereocenters. The highest BCUT2D eigenvalue weighted by Gasteiger charge is 2.35. The van der Waals surface area contributed by atoms with Crippen LogP contribution in [0.2, 0.25) is 5.02 Å². The standard InChI is InChI=1S/C21H20ClFN4O6S/c1-31-20(28)16-14(9-27-5-6-32-10-15(27)33-21(29)30)25-18(19-24-4-7-34-19)26-17(16)11-2-3-12(22)13(23)8-11/h2-4,7-8,15,17H,5-6,9-10H2,1H3,(H,25,26)(H,29,30)/t15-,17-/m0/s1. The maximum absolute atomic E-state index is 14.3. The highest BCUT2D eigenvalue weighted by Crippen LogP contribution is 2.34. The highest BCUT2D eigenvalue weighted by atomic mass is 35.5. The lowest BCUT2D eigenvalue weighted by Gasteiger charge is -2.36. The van der Waals surface area contributed by atoms with Gasteiger partial charge in [0.15, 0.2) is 17.1 Å². The molecule has 0 aliphatic carbocycles. The summed E-state index contributed by atoms with van der Waals surface area (Å²) >= 11 is 7.19. The van der Waals surface area contributed by atoms with Crippen molar-refractivity contribution >= 4 is 40.9 Å². The van der Waals surface area contributed by atoms with Gasteiger partial charge in [0.2, 0.25) is 0 Å². The number of aromatic nitrogens is 1. The molecule has 10 nitrogen and oxygen atoms in total. The Morgan fingerprint density at radius 2 is 2.26 bits per heavy atom. The van der Waals surface area contributed by atoms with Gasteiger partial charge in [0.1, 0.15) is 11.9 Å². The Bertz CT molecular complexity index is 1140. The lowest BCUT2D eigenvalue weighted by atomic mass is 9.95. The van der Waals surface area contributed by atoms with Gasteiger partial charge in [-0.1, -0.05) is 17.7 Å². The van der Waals surface area contributed by atoms with E-state index in [2.05, 4.69) is 15.3 Å². The van der Waals surface area contributed by atoms with Crippen molar-refractivity contribution in [3.63, 3.8) is 0 Å². The molecule has 13 heteroatoms. The number of morpholine rings is 1. The van der Waals surface area contributed by atoms with Gasteiger partial charge in [-0.25, -0.2) is 19.0 Å². The number of hydrogen-bond donors (Lipinski definition) is 2. The molecule has 0 bridgehead atoms. The van der Waals surface area contributed by atoms with Gasteiger partial charge >= 0.3 is 12.1 Å². The van der Waals surface area contributed by atoms with Crippen molar-refractivity contribution in [2.45, 2.75) is 12.3 Å². The number of nitrogens with zero attached hydrogens (tertiary/aromatic N) is 3. The Morgan fingerprint density at radius 3 is 2.94 bits per heavy atom. The quantitative estimate of drug-likeness (QED) is 0.565. The lowest BCUT2D eigenvalue weighted by Crippen LogP contribution is -2.50. The predicted octanol–water partition coefficient (Wildman–Crippen LogP) is 2.81. The molecule has 0 saturated carbocycles. The number of benzene rings is 1. The molecule has 2 aliphatic rings. The van der Waals surface area contributed by atoms with E-state index in [0.717, 1.165) is 0 Å². The predicted molar refractivity (Wildman–Crippen MR) is 120 cm³/mol. The second kappa shape index (κ2) is 10.5. The van der Waals surface area contributed by atoms with Crippen LogP contribution in [0.4, 0.5) is 9.18 Å². The van der Waals surface area contributed by atoms with E-state index in [9.17, 15) is 14.0 Å². The number of halogens is 2. The number of thiazole rings is 1. The minimum Gasteiger partial charge on any atom is -0.466 e. The molecular weight excluding hydrogens is 491 g/mol. The summed E-state index contributed by atoms with van der Waals surface area (Å²) in [5, 5.41) is 14.5. The molecule has 0 radical (unpaired) electrons. The fourth-order valence-corrected chi connectivity index (χ4v) is 4.37. The number of carbonyl (C=O) groups is 2. The third kappa shape index (κ3) is 5.20. The Kier molecular flexibility index (Phi) is 7.41. The van der Waals surface area contributed by atoms with Crippen LogP contribution in [0.3, 0.4) is 0 Å². The average Bonchev–Trinajstić information content (AvgIpc) is 3.36.